The maximum Gasteiger partial charge on any atom is 0.231 e. The number of fused-ring (bicyclic) bond motifs is 2. The largest absolute Gasteiger partial charge is 0.454 e. The first kappa shape index (κ1) is 16.6. The second-order valence-electron chi connectivity index (χ2n) is 7.75. The molecule has 0 spiro atoms. The molecule has 1 atom stereocenters. The van der Waals surface area contributed by atoms with Gasteiger partial charge in [0, 0.05) is 50.8 Å². The Morgan fingerprint density at radius 2 is 2.07 bits per heavy atom. The number of nitrogens with one attached hydrogen (secondary N) is 1. The summed E-state index contributed by atoms with van der Waals surface area (Å²) in [4.78, 5) is 14.5. The Hall–Kier alpha value is -2.54. The minimum Gasteiger partial charge on any atom is -0.454 e. The number of hydrogen-bond donors (Lipinski definition) is 1. The van der Waals surface area contributed by atoms with Crippen LogP contribution in [0.1, 0.15) is 24.1 Å². The third kappa shape index (κ3) is 3.64. The summed E-state index contributed by atoms with van der Waals surface area (Å²) < 4.78 is 13.0. The van der Waals surface area contributed by atoms with E-state index in [1.165, 1.54) is 11.3 Å². The van der Waals surface area contributed by atoms with Gasteiger partial charge in [-0.3, -0.25) is 14.4 Å². The number of amides is 1. The van der Waals surface area contributed by atoms with E-state index in [9.17, 15) is 4.79 Å². The van der Waals surface area contributed by atoms with Crippen molar-refractivity contribution in [3.8, 4) is 11.5 Å². The number of benzene rings is 1. The molecule has 2 aromatic rings. The van der Waals surface area contributed by atoms with Gasteiger partial charge in [0.05, 0.1) is 5.69 Å². The second-order valence-corrected chi connectivity index (χ2v) is 7.75. The highest BCUT2D eigenvalue weighted by molar-refractivity contribution is 5.80. The van der Waals surface area contributed by atoms with E-state index in [-0.39, 0.29) is 11.8 Å². The van der Waals surface area contributed by atoms with Gasteiger partial charge in [0.2, 0.25) is 12.7 Å². The molecule has 0 bridgehead atoms. The minimum atomic E-state index is 0.210. The van der Waals surface area contributed by atoms with Gasteiger partial charge < -0.3 is 14.8 Å². The fourth-order valence-corrected chi connectivity index (χ4v) is 3.90. The number of carbonyl (C=O) groups excluding carboxylic acids is 1. The van der Waals surface area contributed by atoms with E-state index in [1.807, 2.05) is 12.3 Å². The zero-order valence-corrected chi connectivity index (χ0v) is 15.3. The first-order chi connectivity index (χ1) is 13.2. The first-order valence-corrected chi connectivity index (χ1v) is 9.64. The average Bonchev–Trinajstić information content (AvgIpc) is 3.32. The van der Waals surface area contributed by atoms with Crippen molar-refractivity contribution in [2.45, 2.75) is 32.5 Å². The maximum absolute atomic E-state index is 12.0. The fourth-order valence-electron chi connectivity index (χ4n) is 3.90. The first-order valence-electron chi connectivity index (χ1n) is 9.64. The van der Waals surface area contributed by atoms with Gasteiger partial charge >= 0.3 is 0 Å². The normalized spacial score (nSPS) is 21.6. The van der Waals surface area contributed by atoms with Gasteiger partial charge in [-0.1, -0.05) is 6.07 Å². The second kappa shape index (κ2) is 6.88. The topological polar surface area (TPSA) is 68.6 Å². The molecule has 1 aliphatic carbocycles. The van der Waals surface area contributed by atoms with E-state index in [2.05, 4.69) is 38.2 Å². The molecule has 1 N–H and O–H groups in total. The average molecular weight is 368 g/mol. The fraction of sp³-hybridized carbons (Fsp3) is 0.500. The molecule has 142 valence electrons. The van der Waals surface area contributed by atoms with Crippen LogP contribution in [0.5, 0.6) is 11.5 Å². The van der Waals surface area contributed by atoms with E-state index in [0.29, 0.717) is 19.3 Å². The lowest BCUT2D eigenvalue weighted by molar-refractivity contribution is -0.122. The molecule has 1 aromatic carbocycles. The summed E-state index contributed by atoms with van der Waals surface area (Å²) in [5, 5.41) is 7.61. The van der Waals surface area contributed by atoms with Crippen LogP contribution >= 0.6 is 0 Å². The lowest BCUT2D eigenvalue weighted by Crippen LogP contribution is -2.37. The Bertz CT molecular complexity index is 846. The predicted molar refractivity (Wildman–Crippen MR) is 98.1 cm³/mol. The van der Waals surface area contributed by atoms with Crippen molar-refractivity contribution >= 4 is 5.91 Å². The van der Waals surface area contributed by atoms with Gasteiger partial charge in [-0.05, 0) is 36.6 Å². The smallest absolute Gasteiger partial charge is 0.231 e. The summed E-state index contributed by atoms with van der Waals surface area (Å²) >= 11 is 0. The van der Waals surface area contributed by atoms with Crippen LogP contribution in [0.3, 0.4) is 0 Å². The Balaban J connectivity index is 1.29. The summed E-state index contributed by atoms with van der Waals surface area (Å²) in [5.41, 5.74) is 2.42. The van der Waals surface area contributed by atoms with Crippen molar-refractivity contribution in [2.75, 3.05) is 19.9 Å². The number of ether oxygens (including phenoxy) is 2. The Labute approximate surface area is 158 Å². The molecule has 0 radical (unpaired) electrons. The molecule has 1 fully saturated rings. The van der Waals surface area contributed by atoms with Gasteiger partial charge in [0.15, 0.2) is 11.5 Å². The molecule has 1 amide bonds. The van der Waals surface area contributed by atoms with Gasteiger partial charge in [-0.15, -0.1) is 0 Å². The van der Waals surface area contributed by atoms with Crippen molar-refractivity contribution in [3.05, 3.63) is 41.7 Å². The van der Waals surface area contributed by atoms with Crippen molar-refractivity contribution < 1.29 is 14.3 Å². The minimum absolute atomic E-state index is 0.210. The number of carbonyl (C=O) groups is 1. The number of rotatable bonds is 5. The summed E-state index contributed by atoms with van der Waals surface area (Å²) in [6, 6.07) is 8.22. The van der Waals surface area contributed by atoms with Gasteiger partial charge in [-0.2, -0.15) is 5.10 Å². The highest BCUT2D eigenvalue weighted by Gasteiger charge is 2.30. The van der Waals surface area contributed by atoms with Gasteiger partial charge in [-0.25, -0.2) is 0 Å². The third-order valence-corrected chi connectivity index (χ3v) is 5.49. The highest BCUT2D eigenvalue weighted by atomic mass is 16.7. The molecular formula is C20H24N4O3. The third-order valence-electron chi connectivity index (χ3n) is 5.49. The van der Waals surface area contributed by atoms with Crippen LogP contribution in [0.4, 0.5) is 0 Å². The van der Waals surface area contributed by atoms with Crippen LogP contribution in [0.15, 0.2) is 30.5 Å². The summed E-state index contributed by atoms with van der Waals surface area (Å²) in [7, 11) is 0. The molecule has 2 aliphatic heterocycles. The molecule has 3 heterocycles. The molecule has 7 heteroatoms. The SMILES string of the molecule is O=C(NC[C@@H]1CN(Cc2ccc3c(c2)OCO3)Cc2ccnn2C1)C1CC1. The molecule has 3 aliphatic rings. The summed E-state index contributed by atoms with van der Waals surface area (Å²) in [5.74, 6) is 2.43. The van der Waals surface area contributed by atoms with Crippen molar-refractivity contribution in [1.29, 1.82) is 0 Å². The Morgan fingerprint density at radius 1 is 1.19 bits per heavy atom. The zero-order chi connectivity index (χ0) is 18.2. The molecule has 1 aromatic heterocycles. The van der Waals surface area contributed by atoms with Crippen molar-refractivity contribution in [1.82, 2.24) is 20.0 Å². The van der Waals surface area contributed by atoms with Crippen LogP contribution in [0.2, 0.25) is 0 Å². The summed E-state index contributed by atoms with van der Waals surface area (Å²) in [6.07, 6.45) is 3.94. The predicted octanol–water partition coefficient (Wildman–Crippen LogP) is 1.77. The van der Waals surface area contributed by atoms with Crippen molar-refractivity contribution in [3.63, 3.8) is 0 Å². The zero-order valence-electron chi connectivity index (χ0n) is 15.3. The van der Waals surface area contributed by atoms with Crippen LogP contribution < -0.4 is 14.8 Å². The van der Waals surface area contributed by atoms with Crippen LogP contribution in [0, 0.1) is 11.8 Å². The molecule has 0 saturated heterocycles. The van der Waals surface area contributed by atoms with Crippen molar-refractivity contribution in [2.24, 2.45) is 11.8 Å². The lowest BCUT2D eigenvalue weighted by Gasteiger charge is -2.24. The van der Waals surface area contributed by atoms with E-state index in [1.54, 1.807) is 0 Å². The monoisotopic (exact) mass is 368 g/mol. The number of nitrogens with zero attached hydrogens (tertiary/aromatic N) is 3. The van der Waals surface area contributed by atoms with E-state index in [0.717, 1.165) is 50.5 Å². The molecule has 5 rings (SSSR count). The lowest BCUT2D eigenvalue weighted by atomic mass is 10.1. The Kier molecular flexibility index (Phi) is 4.24. The van der Waals surface area contributed by atoms with Gasteiger partial charge in [0.1, 0.15) is 0 Å². The number of aromatic nitrogens is 2. The standard InChI is InChI=1S/C20H24N4O3/c25-20(16-2-3-16)21-8-15-10-23(12-17-5-6-22-24(17)11-15)9-14-1-4-18-19(7-14)27-13-26-18/h1,4-7,15-16H,2-3,8-13H2,(H,21,25)/t15-/m1/s1. The molecule has 7 nitrogen and oxygen atoms in total. The Morgan fingerprint density at radius 3 is 2.96 bits per heavy atom. The molecule has 27 heavy (non-hydrogen) atoms. The summed E-state index contributed by atoms with van der Waals surface area (Å²) in [6.45, 7) is 4.43. The molecule has 1 saturated carbocycles. The molecular weight excluding hydrogens is 344 g/mol. The quantitative estimate of drug-likeness (QED) is 0.871. The number of hydrogen-bond acceptors (Lipinski definition) is 5. The van der Waals surface area contributed by atoms with E-state index in [4.69, 9.17) is 9.47 Å². The van der Waals surface area contributed by atoms with E-state index < -0.39 is 0 Å². The van der Waals surface area contributed by atoms with Gasteiger partial charge in [0.25, 0.3) is 0 Å². The molecule has 0 unspecified atom stereocenters. The van der Waals surface area contributed by atoms with Crippen LogP contribution in [-0.4, -0.2) is 40.5 Å². The van der Waals surface area contributed by atoms with E-state index >= 15 is 0 Å². The van der Waals surface area contributed by atoms with Crippen LogP contribution in [-0.2, 0) is 24.4 Å². The maximum atomic E-state index is 12.0. The van der Waals surface area contributed by atoms with Crippen LogP contribution in [0.25, 0.3) is 0 Å². The highest BCUT2D eigenvalue weighted by Crippen LogP contribution is 2.33.